The monoisotopic (exact) mass is 353 g/mol. The van der Waals surface area contributed by atoms with Crippen molar-refractivity contribution in [3.63, 3.8) is 0 Å². The Morgan fingerprint density at radius 3 is 2.58 bits per heavy atom. The summed E-state index contributed by atoms with van der Waals surface area (Å²) in [6, 6.07) is 8.16. The van der Waals surface area contributed by atoms with E-state index >= 15 is 0 Å². The summed E-state index contributed by atoms with van der Waals surface area (Å²) < 4.78 is 13.6. The van der Waals surface area contributed by atoms with Crippen LogP contribution in [0.3, 0.4) is 0 Å². The van der Waals surface area contributed by atoms with Gasteiger partial charge in [0, 0.05) is 34.2 Å². The fourth-order valence-corrected chi connectivity index (χ4v) is 2.32. The standard InChI is InChI=1S/C16H17ClFN3O3/c17-14-2-1-3-15(13(14)9-23)21-16(24)20-12-7-10(18)6-11(8-12)19-4-5-22/h1-3,6-8,19,22-23H,4-5,9H2,(H2,20,21,24). The van der Waals surface area contributed by atoms with Gasteiger partial charge in [0.1, 0.15) is 5.82 Å². The Kier molecular flexibility index (Phi) is 6.36. The van der Waals surface area contributed by atoms with Crippen LogP contribution in [0.1, 0.15) is 5.56 Å². The van der Waals surface area contributed by atoms with Gasteiger partial charge in [-0.25, -0.2) is 9.18 Å². The van der Waals surface area contributed by atoms with Gasteiger partial charge in [-0.05, 0) is 30.3 Å². The summed E-state index contributed by atoms with van der Waals surface area (Å²) in [5, 5.41) is 26.3. The molecule has 0 spiro atoms. The Morgan fingerprint density at radius 1 is 1.12 bits per heavy atom. The highest BCUT2D eigenvalue weighted by Gasteiger charge is 2.10. The SMILES string of the molecule is O=C(Nc1cc(F)cc(NCCO)c1)Nc1cccc(Cl)c1CO. The largest absolute Gasteiger partial charge is 0.395 e. The molecule has 128 valence electrons. The Labute approximate surface area is 143 Å². The first-order chi connectivity index (χ1) is 11.5. The molecule has 0 aliphatic heterocycles. The second kappa shape index (κ2) is 8.49. The molecule has 0 aliphatic rings. The summed E-state index contributed by atoms with van der Waals surface area (Å²) in [4.78, 5) is 12.1. The van der Waals surface area contributed by atoms with Crippen molar-refractivity contribution < 1.29 is 19.4 Å². The van der Waals surface area contributed by atoms with Crippen molar-refractivity contribution >= 4 is 34.7 Å². The summed E-state index contributed by atoms with van der Waals surface area (Å²) in [5.41, 5.74) is 1.41. The fourth-order valence-electron chi connectivity index (χ4n) is 2.09. The van der Waals surface area contributed by atoms with Crippen LogP contribution in [-0.2, 0) is 6.61 Å². The average Bonchev–Trinajstić information content (AvgIpc) is 2.52. The number of hydrogen-bond donors (Lipinski definition) is 5. The van der Waals surface area contributed by atoms with Crippen LogP contribution in [0.5, 0.6) is 0 Å². The molecular formula is C16H17ClFN3O3. The molecule has 2 amide bonds. The van der Waals surface area contributed by atoms with Gasteiger partial charge in [0.05, 0.1) is 13.2 Å². The van der Waals surface area contributed by atoms with Gasteiger partial charge < -0.3 is 26.2 Å². The van der Waals surface area contributed by atoms with E-state index in [0.29, 0.717) is 22.0 Å². The Balaban J connectivity index is 2.10. The molecule has 0 atom stereocenters. The highest BCUT2D eigenvalue weighted by Crippen LogP contribution is 2.25. The van der Waals surface area contributed by atoms with E-state index in [9.17, 15) is 14.3 Å². The molecule has 0 aromatic heterocycles. The van der Waals surface area contributed by atoms with E-state index in [-0.39, 0.29) is 25.4 Å². The molecular weight excluding hydrogens is 337 g/mol. The van der Waals surface area contributed by atoms with Gasteiger partial charge in [0.25, 0.3) is 0 Å². The molecule has 24 heavy (non-hydrogen) atoms. The van der Waals surface area contributed by atoms with Gasteiger partial charge in [-0.15, -0.1) is 0 Å². The van der Waals surface area contributed by atoms with E-state index in [2.05, 4.69) is 16.0 Å². The molecule has 8 heteroatoms. The smallest absolute Gasteiger partial charge is 0.323 e. The quantitative estimate of drug-likeness (QED) is 0.552. The van der Waals surface area contributed by atoms with E-state index in [1.807, 2.05) is 0 Å². The predicted molar refractivity (Wildman–Crippen MR) is 92.0 cm³/mol. The third-order valence-electron chi connectivity index (χ3n) is 3.12. The van der Waals surface area contributed by atoms with E-state index < -0.39 is 11.8 Å². The van der Waals surface area contributed by atoms with E-state index in [0.717, 1.165) is 6.07 Å². The summed E-state index contributed by atoms with van der Waals surface area (Å²) in [5.74, 6) is -0.535. The topological polar surface area (TPSA) is 93.6 Å². The summed E-state index contributed by atoms with van der Waals surface area (Å²) in [6.07, 6.45) is 0. The van der Waals surface area contributed by atoms with Crippen LogP contribution < -0.4 is 16.0 Å². The first kappa shape index (κ1) is 18.0. The lowest BCUT2D eigenvalue weighted by Crippen LogP contribution is -2.20. The van der Waals surface area contributed by atoms with Crippen LogP contribution in [0.25, 0.3) is 0 Å². The van der Waals surface area contributed by atoms with Crippen molar-refractivity contribution in [3.05, 3.63) is 52.8 Å². The number of carbonyl (C=O) groups excluding carboxylic acids is 1. The minimum atomic E-state index is -0.606. The number of amides is 2. The highest BCUT2D eigenvalue weighted by molar-refractivity contribution is 6.31. The van der Waals surface area contributed by atoms with Gasteiger partial charge in [0.2, 0.25) is 0 Å². The van der Waals surface area contributed by atoms with Gasteiger partial charge in [-0.2, -0.15) is 0 Å². The van der Waals surface area contributed by atoms with Crippen LogP contribution in [0, 0.1) is 5.82 Å². The van der Waals surface area contributed by atoms with Crippen LogP contribution in [-0.4, -0.2) is 29.4 Å². The van der Waals surface area contributed by atoms with Gasteiger partial charge in [-0.3, -0.25) is 0 Å². The number of nitrogens with one attached hydrogen (secondary N) is 3. The molecule has 0 heterocycles. The van der Waals surface area contributed by atoms with Crippen LogP contribution in [0.15, 0.2) is 36.4 Å². The lowest BCUT2D eigenvalue weighted by molar-refractivity contribution is 0.262. The van der Waals surface area contributed by atoms with Crippen molar-refractivity contribution in [3.8, 4) is 0 Å². The van der Waals surface area contributed by atoms with Crippen molar-refractivity contribution in [1.29, 1.82) is 0 Å². The minimum Gasteiger partial charge on any atom is -0.395 e. The van der Waals surface area contributed by atoms with Gasteiger partial charge in [-0.1, -0.05) is 17.7 Å². The zero-order chi connectivity index (χ0) is 17.5. The Hall–Kier alpha value is -2.35. The number of urea groups is 1. The minimum absolute atomic E-state index is 0.0987. The number of benzene rings is 2. The van der Waals surface area contributed by atoms with Crippen molar-refractivity contribution in [1.82, 2.24) is 0 Å². The van der Waals surface area contributed by atoms with Crippen molar-refractivity contribution in [2.45, 2.75) is 6.61 Å². The number of aliphatic hydroxyl groups excluding tert-OH is 2. The maximum Gasteiger partial charge on any atom is 0.323 e. The molecule has 0 radical (unpaired) electrons. The number of hydrogen-bond acceptors (Lipinski definition) is 4. The molecule has 0 unspecified atom stereocenters. The van der Waals surface area contributed by atoms with E-state index in [1.54, 1.807) is 18.2 Å². The third kappa shape index (κ3) is 4.82. The number of carbonyl (C=O) groups is 1. The normalized spacial score (nSPS) is 10.3. The molecule has 0 saturated carbocycles. The number of halogens is 2. The lowest BCUT2D eigenvalue weighted by atomic mass is 10.2. The fraction of sp³-hybridized carbons (Fsp3) is 0.188. The molecule has 5 N–H and O–H groups in total. The summed E-state index contributed by atoms with van der Waals surface area (Å²) >= 11 is 5.95. The summed E-state index contributed by atoms with van der Waals surface area (Å²) in [6.45, 7) is -0.166. The second-order valence-electron chi connectivity index (χ2n) is 4.88. The third-order valence-corrected chi connectivity index (χ3v) is 3.48. The number of anilines is 3. The lowest BCUT2D eigenvalue weighted by Gasteiger charge is -2.13. The number of rotatable bonds is 6. The molecule has 6 nitrogen and oxygen atoms in total. The molecule has 2 aromatic carbocycles. The maximum absolute atomic E-state index is 13.6. The summed E-state index contributed by atoms with van der Waals surface area (Å²) in [7, 11) is 0. The first-order valence-corrected chi connectivity index (χ1v) is 7.53. The van der Waals surface area contributed by atoms with Crippen molar-refractivity contribution in [2.75, 3.05) is 29.1 Å². The van der Waals surface area contributed by atoms with Gasteiger partial charge >= 0.3 is 6.03 Å². The highest BCUT2D eigenvalue weighted by atomic mass is 35.5. The molecule has 2 rings (SSSR count). The maximum atomic E-state index is 13.6. The average molecular weight is 354 g/mol. The van der Waals surface area contributed by atoms with E-state index in [1.165, 1.54) is 12.1 Å². The first-order valence-electron chi connectivity index (χ1n) is 7.15. The molecule has 0 fully saturated rings. The molecule has 2 aromatic rings. The molecule has 0 aliphatic carbocycles. The van der Waals surface area contributed by atoms with Gasteiger partial charge in [0.15, 0.2) is 0 Å². The predicted octanol–water partition coefficient (Wildman–Crippen LogP) is 3.02. The zero-order valence-corrected chi connectivity index (χ0v) is 13.4. The van der Waals surface area contributed by atoms with E-state index in [4.69, 9.17) is 16.7 Å². The zero-order valence-electron chi connectivity index (χ0n) is 12.6. The second-order valence-corrected chi connectivity index (χ2v) is 5.29. The Morgan fingerprint density at radius 2 is 1.88 bits per heavy atom. The van der Waals surface area contributed by atoms with Crippen LogP contribution in [0.2, 0.25) is 5.02 Å². The molecule has 0 bridgehead atoms. The Bertz CT molecular complexity index is 728. The number of aliphatic hydroxyl groups is 2. The van der Waals surface area contributed by atoms with Crippen molar-refractivity contribution in [2.24, 2.45) is 0 Å². The molecule has 0 saturated heterocycles. The van der Waals surface area contributed by atoms with Crippen LogP contribution in [0.4, 0.5) is 26.2 Å². The van der Waals surface area contributed by atoms with Crippen LogP contribution >= 0.6 is 11.6 Å².